The molecule has 0 aliphatic rings. The monoisotopic (exact) mass is 340 g/mol. The molecule has 0 saturated heterocycles. The zero-order chi connectivity index (χ0) is 17.9. The average Bonchev–Trinajstić information content (AvgIpc) is 3.04. The summed E-state index contributed by atoms with van der Waals surface area (Å²) in [6.45, 7) is 4.40. The van der Waals surface area contributed by atoms with Crippen LogP contribution < -0.4 is 10.5 Å². The molecule has 0 fully saturated rings. The van der Waals surface area contributed by atoms with Gasteiger partial charge in [0.15, 0.2) is 5.58 Å². The summed E-state index contributed by atoms with van der Waals surface area (Å²) >= 11 is 0. The Morgan fingerprint density at radius 3 is 2.84 bits per heavy atom. The molecule has 0 aliphatic carbocycles. The summed E-state index contributed by atoms with van der Waals surface area (Å²) in [4.78, 5) is 4.61. The van der Waals surface area contributed by atoms with E-state index >= 15 is 0 Å². The molecule has 2 aromatic carbocycles. The third-order valence-electron chi connectivity index (χ3n) is 4.19. The molecule has 1 aromatic heterocycles. The number of hydrogen-bond donors (Lipinski definition) is 2. The van der Waals surface area contributed by atoms with E-state index in [0.717, 1.165) is 34.4 Å². The molecule has 0 unspecified atom stereocenters. The number of aliphatic hydroxyl groups is 1. The van der Waals surface area contributed by atoms with Gasteiger partial charge in [0.05, 0.1) is 13.2 Å². The fraction of sp³-hybridized carbons (Fsp3) is 0.350. The van der Waals surface area contributed by atoms with Crippen LogP contribution >= 0.6 is 0 Å². The molecule has 1 atom stereocenters. The van der Waals surface area contributed by atoms with Crippen molar-refractivity contribution in [2.24, 2.45) is 5.73 Å². The quantitative estimate of drug-likeness (QED) is 0.687. The molecular weight excluding hydrogens is 316 g/mol. The summed E-state index contributed by atoms with van der Waals surface area (Å²) in [7, 11) is 0. The molecule has 3 N–H and O–H groups in total. The standard InChI is InChI=1S/C20H24N2O3/c1-3-24-16-6-4-5-15(12-16)19-22-17-11-14(7-8-18(17)25-19)9-10-20(2,21)13-23/h4-8,11-12,23H,3,9-10,13,21H2,1-2H3/t20-/m1/s1. The second-order valence-corrected chi connectivity index (χ2v) is 6.59. The summed E-state index contributed by atoms with van der Waals surface area (Å²) in [5, 5.41) is 9.27. The molecule has 3 rings (SSSR count). The molecule has 132 valence electrons. The van der Waals surface area contributed by atoms with Crippen molar-refractivity contribution >= 4 is 11.1 Å². The topological polar surface area (TPSA) is 81.5 Å². The van der Waals surface area contributed by atoms with Gasteiger partial charge in [0.1, 0.15) is 11.3 Å². The minimum Gasteiger partial charge on any atom is -0.494 e. The third kappa shape index (κ3) is 4.18. The van der Waals surface area contributed by atoms with Crippen molar-refractivity contribution in [3.05, 3.63) is 48.0 Å². The van der Waals surface area contributed by atoms with E-state index in [1.54, 1.807) is 0 Å². The molecule has 0 aliphatic heterocycles. The van der Waals surface area contributed by atoms with Crippen molar-refractivity contribution in [2.45, 2.75) is 32.2 Å². The van der Waals surface area contributed by atoms with Gasteiger partial charge in [-0.3, -0.25) is 0 Å². The summed E-state index contributed by atoms with van der Waals surface area (Å²) in [6, 6.07) is 13.7. The maximum absolute atomic E-state index is 9.27. The summed E-state index contributed by atoms with van der Waals surface area (Å²) < 4.78 is 11.4. The predicted molar refractivity (Wildman–Crippen MR) is 98.6 cm³/mol. The maximum Gasteiger partial charge on any atom is 0.227 e. The van der Waals surface area contributed by atoms with Crippen LogP contribution in [0.3, 0.4) is 0 Å². The first kappa shape index (κ1) is 17.5. The molecule has 1 heterocycles. The molecule has 0 saturated carbocycles. The van der Waals surface area contributed by atoms with Crippen LogP contribution in [-0.4, -0.2) is 28.8 Å². The van der Waals surface area contributed by atoms with Crippen molar-refractivity contribution in [2.75, 3.05) is 13.2 Å². The highest BCUT2D eigenvalue weighted by molar-refractivity contribution is 5.77. The Kier molecular flexibility index (Phi) is 5.06. The number of aromatic nitrogens is 1. The van der Waals surface area contributed by atoms with Crippen LogP contribution in [-0.2, 0) is 6.42 Å². The van der Waals surface area contributed by atoms with Crippen molar-refractivity contribution in [3.63, 3.8) is 0 Å². The van der Waals surface area contributed by atoms with E-state index in [1.165, 1.54) is 0 Å². The van der Waals surface area contributed by atoms with Gasteiger partial charge in [-0.15, -0.1) is 0 Å². The summed E-state index contributed by atoms with van der Waals surface area (Å²) in [5.41, 5.74) is 9.01. The number of ether oxygens (including phenoxy) is 1. The van der Waals surface area contributed by atoms with E-state index in [-0.39, 0.29) is 6.61 Å². The van der Waals surface area contributed by atoms with E-state index in [2.05, 4.69) is 4.98 Å². The number of aliphatic hydroxyl groups excluding tert-OH is 1. The lowest BCUT2D eigenvalue weighted by Crippen LogP contribution is -2.40. The van der Waals surface area contributed by atoms with Gasteiger partial charge in [0, 0.05) is 11.1 Å². The number of aryl methyl sites for hydroxylation is 1. The second kappa shape index (κ2) is 7.25. The zero-order valence-corrected chi connectivity index (χ0v) is 14.7. The Labute approximate surface area is 147 Å². The van der Waals surface area contributed by atoms with Gasteiger partial charge in [-0.1, -0.05) is 12.1 Å². The lowest BCUT2D eigenvalue weighted by Gasteiger charge is -2.21. The Morgan fingerprint density at radius 1 is 1.24 bits per heavy atom. The van der Waals surface area contributed by atoms with Gasteiger partial charge in [0.2, 0.25) is 5.89 Å². The van der Waals surface area contributed by atoms with Crippen molar-refractivity contribution in [3.8, 4) is 17.2 Å². The van der Waals surface area contributed by atoms with Gasteiger partial charge in [-0.25, -0.2) is 4.98 Å². The molecule has 0 bridgehead atoms. The van der Waals surface area contributed by atoms with Crippen LogP contribution in [0.15, 0.2) is 46.9 Å². The summed E-state index contributed by atoms with van der Waals surface area (Å²) in [5.74, 6) is 1.38. The van der Waals surface area contributed by atoms with Crippen LogP contribution in [0.4, 0.5) is 0 Å². The minimum absolute atomic E-state index is 0.0282. The fourth-order valence-corrected chi connectivity index (χ4v) is 2.65. The van der Waals surface area contributed by atoms with E-state index in [0.29, 0.717) is 18.9 Å². The van der Waals surface area contributed by atoms with Gasteiger partial charge >= 0.3 is 0 Å². The molecule has 25 heavy (non-hydrogen) atoms. The minimum atomic E-state index is -0.566. The average molecular weight is 340 g/mol. The number of nitrogens with zero attached hydrogens (tertiary/aromatic N) is 1. The Hall–Kier alpha value is -2.37. The number of nitrogens with two attached hydrogens (primary N) is 1. The largest absolute Gasteiger partial charge is 0.494 e. The Morgan fingerprint density at radius 2 is 2.08 bits per heavy atom. The van der Waals surface area contributed by atoms with Crippen molar-refractivity contribution in [1.82, 2.24) is 4.98 Å². The Bertz CT molecular complexity index is 855. The molecular formula is C20H24N2O3. The van der Waals surface area contributed by atoms with Crippen LogP contribution in [0.5, 0.6) is 5.75 Å². The molecule has 0 radical (unpaired) electrons. The summed E-state index contributed by atoms with van der Waals surface area (Å²) in [6.07, 6.45) is 1.49. The van der Waals surface area contributed by atoms with Crippen LogP contribution in [0.25, 0.3) is 22.6 Å². The van der Waals surface area contributed by atoms with Crippen molar-refractivity contribution < 1.29 is 14.3 Å². The Balaban J connectivity index is 1.84. The van der Waals surface area contributed by atoms with Crippen LogP contribution in [0, 0.1) is 0 Å². The lowest BCUT2D eigenvalue weighted by atomic mass is 9.95. The molecule has 3 aromatic rings. The van der Waals surface area contributed by atoms with E-state index < -0.39 is 5.54 Å². The molecule has 0 spiro atoms. The highest BCUT2D eigenvalue weighted by Crippen LogP contribution is 2.28. The van der Waals surface area contributed by atoms with Crippen molar-refractivity contribution in [1.29, 1.82) is 0 Å². The SMILES string of the molecule is CCOc1cccc(-c2nc3cc(CC[C@@](C)(N)CO)ccc3o2)c1. The van der Waals surface area contributed by atoms with E-state index in [4.69, 9.17) is 14.9 Å². The number of oxazole rings is 1. The van der Waals surface area contributed by atoms with E-state index in [1.807, 2.05) is 56.3 Å². The van der Waals surface area contributed by atoms with Gasteiger partial charge in [-0.05, 0) is 62.6 Å². The molecule has 5 nitrogen and oxygen atoms in total. The van der Waals surface area contributed by atoms with Crippen LogP contribution in [0.2, 0.25) is 0 Å². The lowest BCUT2D eigenvalue weighted by molar-refractivity contribution is 0.200. The number of rotatable bonds is 7. The number of hydrogen-bond acceptors (Lipinski definition) is 5. The normalized spacial score (nSPS) is 13.8. The van der Waals surface area contributed by atoms with Gasteiger partial charge < -0.3 is 20.0 Å². The first-order chi connectivity index (χ1) is 12.0. The number of benzene rings is 2. The second-order valence-electron chi connectivity index (χ2n) is 6.59. The maximum atomic E-state index is 9.27. The number of fused-ring (bicyclic) bond motifs is 1. The third-order valence-corrected chi connectivity index (χ3v) is 4.19. The molecule has 0 amide bonds. The van der Waals surface area contributed by atoms with Gasteiger partial charge in [0.25, 0.3) is 0 Å². The zero-order valence-electron chi connectivity index (χ0n) is 14.7. The highest BCUT2D eigenvalue weighted by atomic mass is 16.5. The highest BCUT2D eigenvalue weighted by Gasteiger charge is 2.17. The smallest absolute Gasteiger partial charge is 0.227 e. The fourth-order valence-electron chi connectivity index (χ4n) is 2.65. The predicted octanol–water partition coefficient (Wildman–Crippen LogP) is 3.54. The van der Waals surface area contributed by atoms with Gasteiger partial charge in [-0.2, -0.15) is 0 Å². The first-order valence-corrected chi connectivity index (χ1v) is 8.53. The molecule has 5 heteroatoms. The first-order valence-electron chi connectivity index (χ1n) is 8.53. The van der Waals surface area contributed by atoms with Crippen LogP contribution in [0.1, 0.15) is 25.8 Å². The van der Waals surface area contributed by atoms with E-state index in [9.17, 15) is 5.11 Å².